The highest BCUT2D eigenvalue weighted by Gasteiger charge is 2.24. The Hall–Kier alpha value is -1.10. The number of unbranched alkanes of at least 4 members (excludes halogenated alkanes) is 13. The Morgan fingerprint density at radius 1 is 0.735 bits per heavy atom. The molecular formula is C29H58NO4+. The van der Waals surface area contributed by atoms with Gasteiger partial charge in [-0.1, -0.05) is 117 Å². The molecule has 1 N–H and O–H groups in total. The maximum Gasteiger partial charge on any atom is 0.307 e. The van der Waals surface area contributed by atoms with Gasteiger partial charge in [0.1, 0.15) is 6.54 Å². The van der Waals surface area contributed by atoms with E-state index in [1.54, 1.807) is 0 Å². The van der Waals surface area contributed by atoms with Crippen LogP contribution in [0, 0.1) is 5.92 Å². The molecule has 0 rings (SSSR count). The largest absolute Gasteiger partial charge is 0.481 e. The highest BCUT2D eigenvalue weighted by Crippen LogP contribution is 2.19. The van der Waals surface area contributed by atoms with E-state index in [9.17, 15) is 9.59 Å². The van der Waals surface area contributed by atoms with Gasteiger partial charge in [-0.05, 0) is 12.3 Å². The number of likely N-dealkylation sites (N-methyl/N-ethyl adjacent to an activating group) is 1. The van der Waals surface area contributed by atoms with Crippen molar-refractivity contribution in [3.05, 3.63) is 0 Å². The Labute approximate surface area is 211 Å². The second-order valence-electron chi connectivity index (χ2n) is 11.6. The maximum absolute atomic E-state index is 12.1. The molecule has 0 bridgehead atoms. The monoisotopic (exact) mass is 484 g/mol. The van der Waals surface area contributed by atoms with E-state index in [-0.39, 0.29) is 12.4 Å². The molecule has 0 fully saturated rings. The minimum Gasteiger partial charge on any atom is -0.481 e. The normalized spacial score (nSPS) is 13.6. The maximum atomic E-state index is 12.1. The number of rotatable bonds is 24. The van der Waals surface area contributed by atoms with Crippen LogP contribution in [0.15, 0.2) is 0 Å². The molecule has 0 aliphatic carbocycles. The molecule has 2 unspecified atom stereocenters. The summed E-state index contributed by atoms with van der Waals surface area (Å²) < 4.78 is 6.01. The number of hydrogen-bond donors (Lipinski definition) is 1. The van der Waals surface area contributed by atoms with Crippen LogP contribution in [-0.4, -0.2) is 55.3 Å². The molecule has 0 aliphatic heterocycles. The molecule has 34 heavy (non-hydrogen) atoms. The molecule has 0 spiro atoms. The first-order valence-electron chi connectivity index (χ1n) is 14.4. The van der Waals surface area contributed by atoms with E-state index in [1.807, 2.05) is 21.1 Å². The van der Waals surface area contributed by atoms with E-state index < -0.39 is 12.1 Å². The number of ether oxygens (including phenoxy) is 1. The van der Waals surface area contributed by atoms with Crippen LogP contribution in [0.25, 0.3) is 0 Å². The van der Waals surface area contributed by atoms with Crippen molar-refractivity contribution in [2.75, 3.05) is 27.7 Å². The van der Waals surface area contributed by atoms with Crippen LogP contribution < -0.4 is 0 Å². The first-order chi connectivity index (χ1) is 16.1. The van der Waals surface area contributed by atoms with Gasteiger partial charge in [0.15, 0.2) is 6.10 Å². The summed E-state index contributed by atoms with van der Waals surface area (Å²) in [6.45, 7) is 5.22. The quantitative estimate of drug-likeness (QED) is 0.0863. The van der Waals surface area contributed by atoms with Gasteiger partial charge in [-0.25, -0.2) is 0 Å². The van der Waals surface area contributed by atoms with E-state index in [2.05, 4.69) is 13.8 Å². The predicted octanol–water partition coefficient (Wildman–Crippen LogP) is 7.76. The average molecular weight is 485 g/mol. The van der Waals surface area contributed by atoms with E-state index in [1.165, 1.54) is 96.3 Å². The summed E-state index contributed by atoms with van der Waals surface area (Å²) in [6, 6.07) is 0. The second kappa shape index (κ2) is 21.2. The summed E-state index contributed by atoms with van der Waals surface area (Å²) in [6.07, 6.45) is 22.0. The third-order valence-electron chi connectivity index (χ3n) is 6.58. The number of carboxylic acids is 1. The number of carbonyl (C=O) groups excluding carboxylic acids is 1. The zero-order valence-corrected chi connectivity index (χ0v) is 23.4. The molecule has 2 atom stereocenters. The van der Waals surface area contributed by atoms with Crippen molar-refractivity contribution in [3.63, 3.8) is 0 Å². The van der Waals surface area contributed by atoms with Crippen molar-refractivity contribution in [1.82, 2.24) is 0 Å². The molecule has 0 saturated carbocycles. The molecule has 202 valence electrons. The standard InChI is InChI=1S/C29H57NO4/c1-6-7-8-15-18-21-26(2)22-19-16-13-11-9-10-12-14-17-20-23-29(33)34-27(24-28(31)32)25-30(3,4)5/h26-27H,6-25H2,1-5H3/p+1. The molecule has 0 aromatic rings. The van der Waals surface area contributed by atoms with Crippen molar-refractivity contribution in [2.24, 2.45) is 5.92 Å². The number of esters is 1. The smallest absolute Gasteiger partial charge is 0.307 e. The Morgan fingerprint density at radius 3 is 1.62 bits per heavy atom. The lowest BCUT2D eigenvalue weighted by Crippen LogP contribution is -2.43. The van der Waals surface area contributed by atoms with E-state index >= 15 is 0 Å². The lowest BCUT2D eigenvalue weighted by atomic mass is 9.96. The molecule has 5 heteroatoms. The lowest BCUT2D eigenvalue weighted by Gasteiger charge is -2.28. The van der Waals surface area contributed by atoms with Gasteiger partial charge in [-0.3, -0.25) is 9.59 Å². The summed E-state index contributed by atoms with van der Waals surface area (Å²) >= 11 is 0. The summed E-state index contributed by atoms with van der Waals surface area (Å²) in [5.74, 6) is -0.279. The van der Waals surface area contributed by atoms with Crippen molar-refractivity contribution in [3.8, 4) is 0 Å². The molecular weight excluding hydrogens is 426 g/mol. The zero-order valence-electron chi connectivity index (χ0n) is 23.4. The van der Waals surface area contributed by atoms with Gasteiger partial charge >= 0.3 is 11.9 Å². The average Bonchev–Trinajstić information content (AvgIpc) is 2.72. The number of quaternary nitrogens is 1. The van der Waals surface area contributed by atoms with Gasteiger partial charge < -0.3 is 14.3 Å². The fraction of sp³-hybridized carbons (Fsp3) is 0.931. The van der Waals surface area contributed by atoms with Gasteiger partial charge in [-0.15, -0.1) is 0 Å². The Bertz CT molecular complexity index is 501. The number of aliphatic carboxylic acids is 1. The van der Waals surface area contributed by atoms with Crippen LogP contribution >= 0.6 is 0 Å². The van der Waals surface area contributed by atoms with E-state index in [4.69, 9.17) is 9.84 Å². The third kappa shape index (κ3) is 24.0. The highest BCUT2D eigenvalue weighted by molar-refractivity contribution is 5.71. The van der Waals surface area contributed by atoms with Crippen LogP contribution in [0.2, 0.25) is 0 Å². The molecule has 0 saturated heterocycles. The minimum atomic E-state index is -0.922. The zero-order chi connectivity index (χ0) is 25.7. The summed E-state index contributed by atoms with van der Waals surface area (Å²) in [4.78, 5) is 23.1. The first-order valence-corrected chi connectivity index (χ1v) is 14.4. The highest BCUT2D eigenvalue weighted by atomic mass is 16.5. The number of carboxylic acid groups (broad SMARTS) is 1. The van der Waals surface area contributed by atoms with Crippen molar-refractivity contribution in [2.45, 2.75) is 142 Å². The fourth-order valence-corrected chi connectivity index (χ4v) is 4.61. The van der Waals surface area contributed by atoms with Gasteiger partial charge in [0.2, 0.25) is 0 Å². The Kier molecular flexibility index (Phi) is 20.5. The molecule has 0 aliphatic rings. The molecule has 0 aromatic heterocycles. The van der Waals surface area contributed by atoms with Crippen LogP contribution in [0.1, 0.15) is 136 Å². The van der Waals surface area contributed by atoms with Crippen LogP contribution in [0.5, 0.6) is 0 Å². The van der Waals surface area contributed by atoms with Gasteiger partial charge in [-0.2, -0.15) is 0 Å². The van der Waals surface area contributed by atoms with Crippen LogP contribution in [0.3, 0.4) is 0 Å². The Balaban J connectivity index is 3.55. The van der Waals surface area contributed by atoms with Gasteiger partial charge in [0, 0.05) is 6.42 Å². The Morgan fingerprint density at radius 2 is 1.18 bits per heavy atom. The minimum absolute atomic E-state index is 0.126. The second-order valence-corrected chi connectivity index (χ2v) is 11.6. The third-order valence-corrected chi connectivity index (χ3v) is 6.58. The first kappa shape index (κ1) is 32.9. The van der Waals surface area contributed by atoms with E-state index in [0.717, 1.165) is 18.8 Å². The van der Waals surface area contributed by atoms with Crippen LogP contribution in [-0.2, 0) is 14.3 Å². The number of hydrogen-bond acceptors (Lipinski definition) is 3. The summed E-state index contributed by atoms with van der Waals surface area (Å²) in [7, 11) is 5.92. The number of nitrogens with zero attached hydrogens (tertiary/aromatic N) is 1. The van der Waals surface area contributed by atoms with Gasteiger partial charge in [0.25, 0.3) is 0 Å². The summed E-state index contributed by atoms with van der Waals surface area (Å²) in [5, 5.41) is 9.04. The van der Waals surface area contributed by atoms with Crippen LogP contribution in [0.4, 0.5) is 0 Å². The van der Waals surface area contributed by atoms with Crippen molar-refractivity contribution < 1.29 is 23.9 Å². The SMILES string of the molecule is CCCCCCCC(C)CCCCCCCCCCCCC(=O)OC(CC(=O)O)C[N+](C)(C)C. The fourth-order valence-electron chi connectivity index (χ4n) is 4.61. The lowest BCUT2D eigenvalue weighted by molar-refractivity contribution is -0.873. The molecule has 5 nitrogen and oxygen atoms in total. The van der Waals surface area contributed by atoms with E-state index in [0.29, 0.717) is 17.4 Å². The molecule has 0 heterocycles. The molecule has 0 radical (unpaired) electrons. The topological polar surface area (TPSA) is 63.6 Å². The molecule has 0 amide bonds. The molecule has 0 aromatic carbocycles. The number of carbonyl (C=O) groups is 2. The van der Waals surface area contributed by atoms with Crippen molar-refractivity contribution in [1.29, 1.82) is 0 Å². The predicted molar refractivity (Wildman–Crippen MR) is 143 cm³/mol. The van der Waals surface area contributed by atoms with Gasteiger partial charge in [0.05, 0.1) is 27.6 Å². The summed E-state index contributed by atoms with van der Waals surface area (Å²) in [5.41, 5.74) is 0. The van der Waals surface area contributed by atoms with Crippen molar-refractivity contribution >= 4 is 11.9 Å².